The van der Waals surface area contributed by atoms with Gasteiger partial charge in [-0.15, -0.1) is 0 Å². The lowest BCUT2D eigenvalue weighted by Gasteiger charge is -2.35. The molecular formula is C19H24N2O3S. The Morgan fingerprint density at radius 3 is 2.04 bits per heavy atom. The summed E-state index contributed by atoms with van der Waals surface area (Å²) in [6, 6.07) is 7.38. The van der Waals surface area contributed by atoms with Gasteiger partial charge in [0, 0.05) is 13.1 Å². The summed E-state index contributed by atoms with van der Waals surface area (Å²) in [6.45, 7) is 7.34. The van der Waals surface area contributed by atoms with Gasteiger partial charge < -0.3 is 4.74 Å². The Labute approximate surface area is 154 Å². The van der Waals surface area contributed by atoms with Gasteiger partial charge in [0.25, 0.3) is 11.8 Å². The molecule has 0 bridgehead atoms. The minimum atomic E-state index is -0.342. The zero-order valence-electron chi connectivity index (χ0n) is 14.9. The molecule has 1 aliphatic rings. The van der Waals surface area contributed by atoms with Crippen LogP contribution in [0.15, 0.2) is 29.8 Å². The van der Waals surface area contributed by atoms with Crippen molar-refractivity contribution in [2.75, 3.05) is 19.7 Å². The summed E-state index contributed by atoms with van der Waals surface area (Å²) in [5, 5.41) is 0.275. The number of likely N-dealkylation sites (N-methyl/N-ethyl adjacent to an activating group) is 2. The zero-order valence-corrected chi connectivity index (χ0v) is 15.8. The average Bonchev–Trinajstić information content (AvgIpc) is 2.61. The topological polar surface area (TPSA) is 49.9 Å². The van der Waals surface area contributed by atoms with Gasteiger partial charge >= 0.3 is 0 Å². The van der Waals surface area contributed by atoms with Crippen molar-refractivity contribution in [1.29, 1.82) is 0 Å². The minimum Gasteiger partial charge on any atom is -0.494 e. The molecule has 0 unspecified atom stereocenters. The third-order valence-corrected chi connectivity index (χ3v) is 4.44. The maximum absolute atomic E-state index is 12.6. The van der Waals surface area contributed by atoms with E-state index in [2.05, 4.69) is 6.92 Å². The molecule has 0 radical (unpaired) electrons. The number of nitrogens with zero attached hydrogens (tertiary/aromatic N) is 2. The summed E-state index contributed by atoms with van der Waals surface area (Å²) in [5.41, 5.74) is 0.913. The van der Waals surface area contributed by atoms with Crippen LogP contribution in [-0.2, 0) is 9.59 Å². The number of hydrogen-bond acceptors (Lipinski definition) is 4. The number of carbonyl (C=O) groups is 2. The van der Waals surface area contributed by atoms with Crippen molar-refractivity contribution in [1.82, 2.24) is 9.80 Å². The van der Waals surface area contributed by atoms with Crippen LogP contribution in [0.3, 0.4) is 0 Å². The lowest BCUT2D eigenvalue weighted by atomic mass is 10.1. The Morgan fingerprint density at radius 1 is 1.00 bits per heavy atom. The van der Waals surface area contributed by atoms with Crippen LogP contribution < -0.4 is 4.74 Å². The molecule has 5 nitrogen and oxygen atoms in total. The van der Waals surface area contributed by atoms with E-state index in [-0.39, 0.29) is 22.5 Å². The van der Waals surface area contributed by atoms with Crippen LogP contribution in [0.5, 0.6) is 5.75 Å². The monoisotopic (exact) mass is 360 g/mol. The average molecular weight is 360 g/mol. The quantitative estimate of drug-likeness (QED) is 0.324. The van der Waals surface area contributed by atoms with Crippen molar-refractivity contribution < 1.29 is 14.3 Å². The Morgan fingerprint density at radius 2 is 1.56 bits per heavy atom. The van der Waals surface area contributed by atoms with Crippen molar-refractivity contribution >= 4 is 35.2 Å². The van der Waals surface area contributed by atoms with E-state index in [4.69, 9.17) is 17.0 Å². The first-order chi connectivity index (χ1) is 12.0. The van der Waals surface area contributed by atoms with Gasteiger partial charge in [-0.2, -0.15) is 0 Å². The van der Waals surface area contributed by atoms with Crippen LogP contribution in [0.2, 0.25) is 0 Å². The van der Waals surface area contributed by atoms with E-state index < -0.39 is 0 Å². The molecule has 1 aliphatic heterocycles. The highest BCUT2D eigenvalue weighted by molar-refractivity contribution is 7.80. The molecule has 0 atom stereocenters. The largest absolute Gasteiger partial charge is 0.494 e. The smallest absolute Gasteiger partial charge is 0.265 e. The van der Waals surface area contributed by atoms with Crippen molar-refractivity contribution in [2.24, 2.45) is 0 Å². The molecule has 1 fully saturated rings. The molecule has 2 amide bonds. The molecule has 0 N–H and O–H groups in total. The summed E-state index contributed by atoms with van der Waals surface area (Å²) in [5.74, 6) is 0.0967. The van der Waals surface area contributed by atoms with Crippen LogP contribution in [0, 0.1) is 0 Å². The minimum absolute atomic E-state index is 0.136. The zero-order chi connectivity index (χ0) is 18.4. The molecule has 0 aliphatic carbocycles. The summed E-state index contributed by atoms with van der Waals surface area (Å²) in [6.07, 6.45) is 3.71. The SMILES string of the molecule is CCCCOc1ccc(C=C2C(=O)N(CC)C(=S)N(CC)C2=O)cc1. The van der Waals surface area contributed by atoms with Crippen molar-refractivity contribution in [3.63, 3.8) is 0 Å². The predicted octanol–water partition coefficient (Wildman–Crippen LogP) is 3.24. The Balaban J connectivity index is 2.24. The highest BCUT2D eigenvalue weighted by Gasteiger charge is 2.37. The molecule has 1 saturated heterocycles. The number of ether oxygens (including phenoxy) is 1. The lowest BCUT2D eigenvalue weighted by Crippen LogP contribution is -2.55. The van der Waals surface area contributed by atoms with Gasteiger partial charge in [0.1, 0.15) is 11.3 Å². The standard InChI is InChI=1S/C19H24N2O3S/c1-4-7-12-24-15-10-8-14(9-11-15)13-16-17(22)20(5-2)19(25)21(6-3)18(16)23/h8-11,13H,4-7,12H2,1-3H3. The van der Waals surface area contributed by atoms with Gasteiger partial charge in [0.05, 0.1) is 6.61 Å². The maximum Gasteiger partial charge on any atom is 0.265 e. The van der Waals surface area contributed by atoms with E-state index in [1.54, 1.807) is 6.08 Å². The molecule has 1 aromatic rings. The molecule has 134 valence electrons. The van der Waals surface area contributed by atoms with Gasteiger partial charge in [-0.05, 0) is 56.3 Å². The van der Waals surface area contributed by atoms with E-state index in [0.29, 0.717) is 19.7 Å². The van der Waals surface area contributed by atoms with Gasteiger partial charge in [-0.25, -0.2) is 0 Å². The third-order valence-electron chi connectivity index (χ3n) is 4.00. The second kappa shape index (κ2) is 8.76. The predicted molar refractivity (Wildman–Crippen MR) is 102 cm³/mol. The summed E-state index contributed by atoms with van der Waals surface area (Å²) in [4.78, 5) is 28.1. The summed E-state index contributed by atoms with van der Waals surface area (Å²) < 4.78 is 5.63. The molecule has 1 heterocycles. The van der Waals surface area contributed by atoms with E-state index >= 15 is 0 Å². The molecule has 0 saturated carbocycles. The van der Waals surface area contributed by atoms with Crippen LogP contribution in [0.4, 0.5) is 0 Å². The highest BCUT2D eigenvalue weighted by Crippen LogP contribution is 2.21. The first-order valence-corrected chi connectivity index (χ1v) is 9.06. The Kier molecular flexibility index (Phi) is 6.70. The number of thiocarbonyl (C=S) groups is 1. The first kappa shape index (κ1) is 19.1. The van der Waals surface area contributed by atoms with E-state index in [1.165, 1.54) is 9.80 Å². The Hall–Kier alpha value is -2.21. The maximum atomic E-state index is 12.6. The molecular weight excluding hydrogens is 336 g/mol. The Bertz CT molecular complexity index is 654. The van der Waals surface area contributed by atoms with Crippen LogP contribution >= 0.6 is 12.2 Å². The fourth-order valence-electron chi connectivity index (χ4n) is 2.54. The third kappa shape index (κ3) is 4.25. The number of unbranched alkanes of at least 4 members (excludes halogenated alkanes) is 1. The fourth-order valence-corrected chi connectivity index (χ4v) is 2.97. The number of carbonyl (C=O) groups excluding carboxylic acids is 2. The van der Waals surface area contributed by atoms with Crippen LogP contribution in [-0.4, -0.2) is 46.4 Å². The van der Waals surface area contributed by atoms with Crippen molar-refractivity contribution in [3.05, 3.63) is 35.4 Å². The lowest BCUT2D eigenvalue weighted by molar-refractivity contribution is -0.133. The summed E-state index contributed by atoms with van der Waals surface area (Å²) >= 11 is 5.25. The number of hydrogen-bond donors (Lipinski definition) is 0. The molecule has 25 heavy (non-hydrogen) atoms. The van der Waals surface area contributed by atoms with Gasteiger partial charge in [0.2, 0.25) is 0 Å². The van der Waals surface area contributed by atoms with E-state index in [1.807, 2.05) is 38.1 Å². The number of amides is 2. The van der Waals surface area contributed by atoms with Crippen LogP contribution in [0.1, 0.15) is 39.2 Å². The van der Waals surface area contributed by atoms with E-state index in [0.717, 1.165) is 24.2 Å². The van der Waals surface area contributed by atoms with Crippen LogP contribution in [0.25, 0.3) is 6.08 Å². The second-order valence-electron chi connectivity index (χ2n) is 5.71. The molecule has 2 rings (SSSR count). The number of rotatable bonds is 7. The summed E-state index contributed by atoms with van der Waals surface area (Å²) in [7, 11) is 0. The van der Waals surface area contributed by atoms with Gasteiger partial charge in [0.15, 0.2) is 5.11 Å². The van der Waals surface area contributed by atoms with E-state index in [9.17, 15) is 9.59 Å². The molecule has 6 heteroatoms. The van der Waals surface area contributed by atoms with Gasteiger partial charge in [-0.1, -0.05) is 25.5 Å². The van der Waals surface area contributed by atoms with Crippen molar-refractivity contribution in [2.45, 2.75) is 33.6 Å². The highest BCUT2D eigenvalue weighted by atomic mass is 32.1. The molecule has 0 spiro atoms. The first-order valence-electron chi connectivity index (χ1n) is 8.65. The molecule has 0 aromatic heterocycles. The fraction of sp³-hybridized carbons (Fsp3) is 0.421. The van der Waals surface area contributed by atoms with Crippen molar-refractivity contribution in [3.8, 4) is 5.75 Å². The second-order valence-corrected chi connectivity index (χ2v) is 6.08. The molecule has 1 aromatic carbocycles. The normalized spacial score (nSPS) is 15.0. The number of benzene rings is 1. The van der Waals surface area contributed by atoms with Gasteiger partial charge in [-0.3, -0.25) is 19.4 Å².